The van der Waals surface area contributed by atoms with Crippen molar-refractivity contribution < 1.29 is 4.79 Å². The molecule has 4 heteroatoms. The Morgan fingerprint density at radius 1 is 1.15 bits per heavy atom. The monoisotopic (exact) mass is 279 g/mol. The smallest absolute Gasteiger partial charge is 0.240 e. The van der Waals surface area contributed by atoms with Gasteiger partial charge in [0.1, 0.15) is 0 Å². The lowest BCUT2D eigenvalue weighted by molar-refractivity contribution is -0.135. The molecule has 0 aromatic carbocycles. The summed E-state index contributed by atoms with van der Waals surface area (Å²) in [6.07, 6.45) is 6.67. The highest BCUT2D eigenvalue weighted by molar-refractivity contribution is 5.84. The van der Waals surface area contributed by atoms with Crippen LogP contribution in [0, 0.1) is 11.8 Å². The molecule has 114 valence electrons. The van der Waals surface area contributed by atoms with Crippen LogP contribution in [-0.2, 0) is 4.79 Å². The summed E-state index contributed by atoms with van der Waals surface area (Å²) in [5.41, 5.74) is 0. The Balaban J connectivity index is 1.78. The van der Waals surface area contributed by atoms with Crippen molar-refractivity contribution >= 4 is 5.91 Å². The molecule has 2 aliphatic heterocycles. The second-order valence-electron chi connectivity index (χ2n) is 7.22. The maximum atomic E-state index is 12.6. The number of amides is 1. The number of carbonyl (C=O) groups is 1. The summed E-state index contributed by atoms with van der Waals surface area (Å²) in [7, 11) is 2.19. The second kappa shape index (κ2) is 5.64. The molecule has 4 unspecified atom stereocenters. The SMILES string of the molecule is CC1NC(C2CCCC2)N(C2CCN(C)CC2C)C1=O. The van der Waals surface area contributed by atoms with Crippen LogP contribution in [0.4, 0.5) is 0 Å². The molecule has 2 saturated heterocycles. The van der Waals surface area contributed by atoms with Crippen LogP contribution >= 0.6 is 0 Å². The van der Waals surface area contributed by atoms with E-state index >= 15 is 0 Å². The molecule has 3 aliphatic rings. The van der Waals surface area contributed by atoms with Crippen LogP contribution in [0.3, 0.4) is 0 Å². The van der Waals surface area contributed by atoms with Gasteiger partial charge in [-0.3, -0.25) is 10.1 Å². The van der Waals surface area contributed by atoms with E-state index in [1.807, 2.05) is 6.92 Å². The molecule has 3 rings (SSSR count). The largest absolute Gasteiger partial charge is 0.322 e. The van der Waals surface area contributed by atoms with Gasteiger partial charge in [0.15, 0.2) is 0 Å². The number of hydrogen-bond acceptors (Lipinski definition) is 3. The summed E-state index contributed by atoms with van der Waals surface area (Å²) in [4.78, 5) is 17.3. The van der Waals surface area contributed by atoms with Crippen LogP contribution in [0.15, 0.2) is 0 Å². The first-order chi connectivity index (χ1) is 9.58. The molecule has 2 heterocycles. The molecule has 1 saturated carbocycles. The van der Waals surface area contributed by atoms with Crippen molar-refractivity contribution in [3.8, 4) is 0 Å². The van der Waals surface area contributed by atoms with Crippen LogP contribution < -0.4 is 5.32 Å². The van der Waals surface area contributed by atoms with Gasteiger partial charge in [-0.2, -0.15) is 0 Å². The van der Waals surface area contributed by atoms with Crippen LogP contribution in [0.5, 0.6) is 0 Å². The van der Waals surface area contributed by atoms with Gasteiger partial charge in [-0.25, -0.2) is 0 Å². The van der Waals surface area contributed by atoms with Crippen LogP contribution in [0.25, 0.3) is 0 Å². The number of nitrogens with one attached hydrogen (secondary N) is 1. The molecule has 1 aliphatic carbocycles. The van der Waals surface area contributed by atoms with Crippen molar-refractivity contribution in [1.29, 1.82) is 0 Å². The fraction of sp³-hybridized carbons (Fsp3) is 0.938. The lowest BCUT2D eigenvalue weighted by atomic mass is 9.91. The zero-order chi connectivity index (χ0) is 14.3. The average Bonchev–Trinajstić information content (AvgIpc) is 3.01. The average molecular weight is 279 g/mol. The molecular formula is C16H29N3O. The Bertz CT molecular complexity index is 367. The Labute approximate surface area is 122 Å². The van der Waals surface area contributed by atoms with E-state index < -0.39 is 0 Å². The zero-order valence-corrected chi connectivity index (χ0v) is 13.1. The molecule has 4 nitrogen and oxygen atoms in total. The third kappa shape index (κ3) is 2.48. The quantitative estimate of drug-likeness (QED) is 0.835. The highest BCUT2D eigenvalue weighted by Crippen LogP contribution is 2.35. The third-order valence-corrected chi connectivity index (χ3v) is 5.61. The van der Waals surface area contributed by atoms with Gasteiger partial charge < -0.3 is 9.80 Å². The van der Waals surface area contributed by atoms with Gasteiger partial charge >= 0.3 is 0 Å². The van der Waals surface area contributed by atoms with Gasteiger partial charge in [0.25, 0.3) is 0 Å². The van der Waals surface area contributed by atoms with E-state index in [9.17, 15) is 4.79 Å². The molecule has 0 bridgehead atoms. The van der Waals surface area contributed by atoms with E-state index in [0.717, 1.165) is 19.5 Å². The zero-order valence-electron chi connectivity index (χ0n) is 13.1. The summed E-state index contributed by atoms with van der Waals surface area (Å²) in [6, 6.07) is 0.439. The Morgan fingerprint density at radius 3 is 2.50 bits per heavy atom. The predicted octanol–water partition coefficient (Wildman–Crippen LogP) is 1.66. The lowest BCUT2D eigenvalue weighted by Gasteiger charge is -2.43. The third-order valence-electron chi connectivity index (χ3n) is 5.61. The Morgan fingerprint density at radius 2 is 1.85 bits per heavy atom. The van der Waals surface area contributed by atoms with E-state index in [-0.39, 0.29) is 6.04 Å². The van der Waals surface area contributed by atoms with E-state index in [1.54, 1.807) is 0 Å². The van der Waals surface area contributed by atoms with E-state index in [0.29, 0.717) is 30.0 Å². The summed E-state index contributed by atoms with van der Waals surface area (Å²) < 4.78 is 0. The number of likely N-dealkylation sites (tertiary alicyclic amines) is 1. The highest BCUT2D eigenvalue weighted by atomic mass is 16.2. The van der Waals surface area contributed by atoms with Crippen molar-refractivity contribution in [2.24, 2.45) is 11.8 Å². The molecule has 0 aromatic rings. The molecule has 20 heavy (non-hydrogen) atoms. The minimum absolute atomic E-state index is 0.00690. The minimum atomic E-state index is 0.00690. The molecule has 1 N–H and O–H groups in total. The number of hydrogen-bond donors (Lipinski definition) is 1. The van der Waals surface area contributed by atoms with Gasteiger partial charge in [0.2, 0.25) is 5.91 Å². The van der Waals surface area contributed by atoms with Crippen molar-refractivity contribution in [2.45, 2.75) is 64.2 Å². The van der Waals surface area contributed by atoms with E-state index in [2.05, 4.69) is 29.1 Å². The fourth-order valence-corrected chi connectivity index (χ4v) is 4.53. The normalized spacial score (nSPS) is 40.8. The molecule has 0 radical (unpaired) electrons. The van der Waals surface area contributed by atoms with Gasteiger partial charge in [-0.05, 0) is 51.6 Å². The molecule has 1 amide bonds. The molecule has 4 atom stereocenters. The van der Waals surface area contributed by atoms with Crippen molar-refractivity contribution in [1.82, 2.24) is 15.1 Å². The number of carbonyl (C=O) groups excluding carboxylic acids is 1. The number of piperidine rings is 1. The van der Waals surface area contributed by atoms with Crippen molar-refractivity contribution in [3.63, 3.8) is 0 Å². The summed E-state index contributed by atoms with van der Waals surface area (Å²) in [5, 5.41) is 3.59. The van der Waals surface area contributed by atoms with Crippen LogP contribution in [0.1, 0.15) is 46.0 Å². The summed E-state index contributed by atoms with van der Waals surface area (Å²) in [6.45, 7) is 6.57. The maximum Gasteiger partial charge on any atom is 0.240 e. The maximum absolute atomic E-state index is 12.6. The first-order valence-electron chi connectivity index (χ1n) is 8.34. The van der Waals surface area contributed by atoms with E-state index in [4.69, 9.17) is 0 Å². The van der Waals surface area contributed by atoms with Crippen LogP contribution in [0.2, 0.25) is 0 Å². The molecular weight excluding hydrogens is 250 g/mol. The highest BCUT2D eigenvalue weighted by Gasteiger charge is 2.46. The number of rotatable bonds is 2. The molecule has 0 spiro atoms. The van der Waals surface area contributed by atoms with Gasteiger partial charge in [-0.15, -0.1) is 0 Å². The first-order valence-corrected chi connectivity index (χ1v) is 8.34. The fourth-order valence-electron chi connectivity index (χ4n) is 4.53. The molecule has 3 fully saturated rings. The standard InChI is InChI=1S/C16H29N3O/c1-11-10-18(3)9-8-14(11)19-15(13-6-4-5-7-13)17-12(2)16(19)20/h11-15,17H,4-10H2,1-3H3. The Hall–Kier alpha value is -0.610. The van der Waals surface area contributed by atoms with Crippen molar-refractivity contribution in [2.75, 3.05) is 20.1 Å². The van der Waals surface area contributed by atoms with E-state index in [1.165, 1.54) is 25.7 Å². The summed E-state index contributed by atoms with van der Waals surface area (Å²) >= 11 is 0. The van der Waals surface area contributed by atoms with Crippen molar-refractivity contribution in [3.05, 3.63) is 0 Å². The second-order valence-corrected chi connectivity index (χ2v) is 7.22. The summed E-state index contributed by atoms with van der Waals surface area (Å²) in [5.74, 6) is 1.59. The van der Waals surface area contributed by atoms with Gasteiger partial charge in [0, 0.05) is 12.6 Å². The van der Waals surface area contributed by atoms with Gasteiger partial charge in [0.05, 0.1) is 12.2 Å². The number of nitrogens with zero attached hydrogens (tertiary/aromatic N) is 2. The Kier molecular flexibility index (Phi) is 4.04. The predicted molar refractivity (Wildman–Crippen MR) is 80.3 cm³/mol. The lowest BCUT2D eigenvalue weighted by Crippen LogP contribution is -2.55. The van der Waals surface area contributed by atoms with Gasteiger partial charge in [-0.1, -0.05) is 19.8 Å². The topological polar surface area (TPSA) is 35.6 Å². The minimum Gasteiger partial charge on any atom is -0.322 e. The first kappa shape index (κ1) is 14.3. The molecule has 0 aromatic heterocycles. The van der Waals surface area contributed by atoms with Crippen LogP contribution in [-0.4, -0.2) is 54.1 Å².